The van der Waals surface area contributed by atoms with Gasteiger partial charge in [0.1, 0.15) is 5.82 Å². The molecule has 0 aromatic heterocycles. The van der Waals surface area contributed by atoms with E-state index in [0.717, 1.165) is 17.2 Å². The predicted molar refractivity (Wildman–Crippen MR) is 125 cm³/mol. The van der Waals surface area contributed by atoms with Gasteiger partial charge in [-0.2, -0.15) is 13.2 Å². The molecule has 1 aliphatic heterocycles. The Labute approximate surface area is 208 Å². The van der Waals surface area contributed by atoms with Crippen molar-refractivity contribution in [3.63, 3.8) is 0 Å². The molecule has 3 aromatic rings. The van der Waals surface area contributed by atoms with Crippen LogP contribution in [0.15, 0.2) is 54.6 Å². The van der Waals surface area contributed by atoms with Gasteiger partial charge in [-0.15, -0.1) is 0 Å². The molecule has 1 N–H and O–H groups in total. The highest BCUT2D eigenvalue weighted by Crippen LogP contribution is 2.34. The molecule has 0 saturated heterocycles. The van der Waals surface area contributed by atoms with E-state index in [0.29, 0.717) is 47.9 Å². The fraction of sp³-hybridized carbons (Fsp3) is 0.200. The lowest BCUT2D eigenvalue weighted by atomic mass is 9.96. The van der Waals surface area contributed by atoms with Gasteiger partial charge in [0.05, 0.1) is 22.7 Å². The van der Waals surface area contributed by atoms with E-state index < -0.39 is 23.5 Å². The number of hydrogen-bond acceptors (Lipinski definition) is 2. The highest BCUT2D eigenvalue weighted by Gasteiger charge is 2.34. The van der Waals surface area contributed by atoms with Crippen molar-refractivity contribution in [1.82, 2.24) is 4.90 Å². The number of anilines is 1. The zero-order valence-electron chi connectivity index (χ0n) is 18.1. The average Bonchev–Trinajstić information content (AvgIpc) is 2.79. The number of halogens is 6. The molecule has 0 radical (unpaired) electrons. The number of nitrogens with zero attached hydrogens (tertiary/aromatic N) is 1. The summed E-state index contributed by atoms with van der Waals surface area (Å²) in [5, 5.41) is 3.44. The molecule has 0 saturated carbocycles. The van der Waals surface area contributed by atoms with Gasteiger partial charge < -0.3 is 10.2 Å². The van der Waals surface area contributed by atoms with Crippen molar-refractivity contribution in [1.29, 1.82) is 0 Å². The average molecular weight is 525 g/mol. The molecule has 182 valence electrons. The van der Waals surface area contributed by atoms with E-state index in [9.17, 15) is 27.2 Å². The minimum Gasteiger partial charge on any atom is -0.334 e. The van der Waals surface area contributed by atoms with E-state index in [4.69, 9.17) is 23.2 Å². The Kier molecular flexibility index (Phi) is 7.05. The maximum Gasteiger partial charge on any atom is 0.419 e. The van der Waals surface area contributed by atoms with E-state index >= 15 is 0 Å². The third-order valence-electron chi connectivity index (χ3n) is 5.68. The smallest absolute Gasteiger partial charge is 0.334 e. The summed E-state index contributed by atoms with van der Waals surface area (Å²) in [7, 11) is 0. The first-order chi connectivity index (χ1) is 16.5. The summed E-state index contributed by atoms with van der Waals surface area (Å²) in [6, 6.07) is 12.4. The summed E-state index contributed by atoms with van der Waals surface area (Å²) in [6.45, 7) is 0.677. The van der Waals surface area contributed by atoms with Crippen LogP contribution in [0.4, 0.5) is 23.2 Å². The molecule has 2 amide bonds. The number of fused-ring (bicyclic) bond motifs is 1. The minimum atomic E-state index is -4.82. The molecule has 0 atom stereocenters. The molecule has 10 heteroatoms. The number of carbonyl (C=O) groups is 2. The Morgan fingerprint density at radius 3 is 2.49 bits per heavy atom. The predicted octanol–water partition coefficient (Wildman–Crippen LogP) is 6.53. The topological polar surface area (TPSA) is 49.4 Å². The quantitative estimate of drug-likeness (QED) is 0.394. The van der Waals surface area contributed by atoms with E-state index in [1.54, 1.807) is 41.3 Å². The van der Waals surface area contributed by atoms with E-state index in [-0.39, 0.29) is 22.9 Å². The van der Waals surface area contributed by atoms with E-state index in [2.05, 4.69) is 5.32 Å². The maximum atomic E-state index is 13.8. The first-order valence-electron chi connectivity index (χ1n) is 10.5. The van der Waals surface area contributed by atoms with Crippen LogP contribution in [0.3, 0.4) is 0 Å². The summed E-state index contributed by atoms with van der Waals surface area (Å²) in [5.41, 5.74) is 1.10. The molecular weight excluding hydrogens is 507 g/mol. The third-order valence-corrected chi connectivity index (χ3v) is 6.23. The minimum absolute atomic E-state index is 0.0900. The molecule has 35 heavy (non-hydrogen) atoms. The Morgan fingerprint density at radius 1 is 1.03 bits per heavy atom. The SMILES string of the molecule is O=C(Cc1ccc(C(F)(F)F)c(F)c1)Nc1c(Cl)ccc2c1CCN(C(=O)c1cccc(Cl)c1)C2. The normalized spacial score (nSPS) is 13.4. The molecule has 0 fully saturated rings. The van der Waals surface area contributed by atoms with Gasteiger partial charge in [0.25, 0.3) is 5.91 Å². The van der Waals surface area contributed by atoms with Crippen molar-refractivity contribution < 1.29 is 27.2 Å². The number of carbonyl (C=O) groups excluding carboxylic acids is 2. The number of amides is 2. The van der Waals surface area contributed by atoms with Crippen LogP contribution >= 0.6 is 23.2 Å². The van der Waals surface area contributed by atoms with Crippen LogP contribution in [0.2, 0.25) is 10.0 Å². The molecular formula is C25H18Cl2F4N2O2. The standard InChI is InChI=1S/C25H18Cl2F4N2O2/c26-17-3-1-2-15(12-17)24(35)33-9-8-18-16(13-33)5-7-20(27)23(18)32-22(34)11-14-4-6-19(21(28)10-14)25(29,30)31/h1-7,10,12H,8-9,11,13H2,(H,32,34). The second kappa shape index (κ2) is 9.87. The molecule has 1 heterocycles. The van der Waals surface area contributed by atoms with Crippen LogP contribution in [-0.4, -0.2) is 23.3 Å². The first-order valence-corrected chi connectivity index (χ1v) is 11.3. The van der Waals surface area contributed by atoms with Crippen molar-refractivity contribution in [2.24, 2.45) is 0 Å². The first kappa shape index (κ1) is 25.0. The third kappa shape index (κ3) is 5.60. The number of rotatable bonds is 4. The zero-order chi connectivity index (χ0) is 25.3. The van der Waals surface area contributed by atoms with Crippen molar-refractivity contribution >= 4 is 40.7 Å². The Balaban J connectivity index is 1.49. The van der Waals surface area contributed by atoms with Crippen LogP contribution < -0.4 is 5.32 Å². The highest BCUT2D eigenvalue weighted by molar-refractivity contribution is 6.34. The van der Waals surface area contributed by atoms with Crippen molar-refractivity contribution in [2.75, 3.05) is 11.9 Å². The fourth-order valence-corrected chi connectivity index (χ4v) is 4.42. The van der Waals surface area contributed by atoms with Crippen LogP contribution in [0.25, 0.3) is 0 Å². The fourth-order valence-electron chi connectivity index (χ4n) is 4.01. The molecule has 0 spiro atoms. The second-order valence-electron chi connectivity index (χ2n) is 8.08. The van der Waals surface area contributed by atoms with Crippen molar-refractivity contribution in [3.05, 3.63) is 98.3 Å². The van der Waals surface area contributed by atoms with Gasteiger partial charge in [0.2, 0.25) is 5.91 Å². The van der Waals surface area contributed by atoms with Gasteiger partial charge in [-0.1, -0.05) is 41.4 Å². The zero-order valence-corrected chi connectivity index (χ0v) is 19.6. The van der Waals surface area contributed by atoms with Crippen molar-refractivity contribution in [2.45, 2.75) is 25.6 Å². The number of nitrogens with one attached hydrogen (secondary N) is 1. The van der Waals surface area contributed by atoms with Gasteiger partial charge in [0, 0.05) is 23.7 Å². The molecule has 1 aliphatic rings. The summed E-state index contributed by atoms with van der Waals surface area (Å²) in [4.78, 5) is 27.2. The summed E-state index contributed by atoms with van der Waals surface area (Å²) in [6.07, 6.45) is -4.73. The number of benzene rings is 3. The molecule has 4 rings (SSSR count). The Morgan fingerprint density at radius 2 is 1.80 bits per heavy atom. The van der Waals surface area contributed by atoms with Gasteiger partial charge >= 0.3 is 6.18 Å². The monoisotopic (exact) mass is 524 g/mol. The summed E-state index contributed by atoms with van der Waals surface area (Å²) < 4.78 is 52.1. The Bertz CT molecular complexity index is 1310. The lowest BCUT2D eigenvalue weighted by molar-refractivity contribution is -0.140. The largest absolute Gasteiger partial charge is 0.419 e. The molecule has 0 aliphatic carbocycles. The van der Waals surface area contributed by atoms with E-state index in [1.165, 1.54) is 0 Å². The van der Waals surface area contributed by atoms with Gasteiger partial charge in [-0.3, -0.25) is 9.59 Å². The molecule has 0 bridgehead atoms. The van der Waals surface area contributed by atoms with Crippen LogP contribution in [0.1, 0.15) is 32.6 Å². The lowest BCUT2D eigenvalue weighted by Gasteiger charge is -2.30. The maximum absolute atomic E-state index is 13.8. The lowest BCUT2D eigenvalue weighted by Crippen LogP contribution is -2.36. The molecule has 3 aromatic carbocycles. The molecule has 0 unspecified atom stereocenters. The van der Waals surface area contributed by atoms with Gasteiger partial charge in [-0.25, -0.2) is 4.39 Å². The van der Waals surface area contributed by atoms with Gasteiger partial charge in [0.15, 0.2) is 0 Å². The second-order valence-corrected chi connectivity index (χ2v) is 8.93. The number of hydrogen-bond donors (Lipinski definition) is 1. The Hall–Kier alpha value is -3.10. The van der Waals surface area contributed by atoms with Crippen LogP contribution in [0, 0.1) is 5.82 Å². The molecule has 4 nitrogen and oxygen atoms in total. The van der Waals surface area contributed by atoms with Crippen LogP contribution in [0.5, 0.6) is 0 Å². The number of alkyl halides is 3. The van der Waals surface area contributed by atoms with Crippen molar-refractivity contribution in [3.8, 4) is 0 Å². The summed E-state index contributed by atoms with van der Waals surface area (Å²) in [5.74, 6) is -2.18. The van der Waals surface area contributed by atoms with Crippen LogP contribution in [-0.2, 0) is 30.4 Å². The van der Waals surface area contributed by atoms with Gasteiger partial charge in [-0.05, 0) is 59.5 Å². The summed E-state index contributed by atoms with van der Waals surface area (Å²) >= 11 is 12.3. The highest BCUT2D eigenvalue weighted by atomic mass is 35.5. The van der Waals surface area contributed by atoms with E-state index in [1.807, 2.05) is 0 Å².